The summed E-state index contributed by atoms with van der Waals surface area (Å²) in [7, 11) is 0. The van der Waals surface area contributed by atoms with Crippen LogP contribution in [0.25, 0.3) is 0 Å². The summed E-state index contributed by atoms with van der Waals surface area (Å²) in [5.74, 6) is -3.24. The zero-order chi connectivity index (χ0) is 22.3. The maximum absolute atomic E-state index is 9.25. The summed E-state index contributed by atoms with van der Waals surface area (Å²) in [5, 5.41) is 15.2. The molecule has 0 unspecified atom stereocenters. The predicted molar refractivity (Wildman–Crippen MR) is 108 cm³/mol. The number of carboxylic acids is 2. The molecule has 0 bridgehead atoms. The van der Waals surface area contributed by atoms with Gasteiger partial charge in [0.05, 0.1) is 26.4 Å². The highest BCUT2D eigenvalue weighted by Gasteiger charge is 2.33. The lowest BCUT2D eigenvalue weighted by Crippen LogP contribution is -2.44. The Balaban J connectivity index is -0.000000512. The lowest BCUT2D eigenvalue weighted by Gasteiger charge is -2.31. The molecule has 0 aliphatic rings. The van der Waals surface area contributed by atoms with Crippen LogP contribution in [0, 0.1) is 0 Å². The van der Waals surface area contributed by atoms with Gasteiger partial charge in [0.2, 0.25) is 0 Å². The van der Waals surface area contributed by atoms with E-state index in [1.54, 1.807) is 24.3 Å². The molecular weight excluding hydrogens is 368 g/mol. The zero-order valence-electron chi connectivity index (χ0n) is 16.1. The Morgan fingerprint density at radius 1 is 0.679 bits per heavy atom. The lowest BCUT2D eigenvalue weighted by atomic mass is 10.5. The molecule has 0 fully saturated rings. The Labute approximate surface area is 166 Å². The van der Waals surface area contributed by atoms with E-state index in [9.17, 15) is 9.59 Å². The summed E-state index contributed by atoms with van der Waals surface area (Å²) in [6.07, 6.45) is 8.13. The van der Waals surface area contributed by atoms with E-state index < -0.39 is 17.9 Å². The molecule has 0 rings (SSSR count). The van der Waals surface area contributed by atoms with Gasteiger partial charge >= 0.3 is 17.9 Å². The summed E-state index contributed by atoms with van der Waals surface area (Å²) in [6, 6.07) is 0. The van der Waals surface area contributed by atoms with Gasteiger partial charge in [-0.3, -0.25) is 0 Å². The molecule has 0 aromatic heterocycles. The van der Waals surface area contributed by atoms with E-state index in [1.807, 2.05) is 0 Å². The summed E-state index contributed by atoms with van der Waals surface area (Å²) in [4.78, 5) is 18.5. The molecule has 0 aliphatic carbocycles. The zero-order valence-corrected chi connectivity index (χ0v) is 16.1. The largest absolute Gasteiger partial charge is 0.478 e. The molecule has 0 spiro atoms. The number of rotatable bonds is 15. The van der Waals surface area contributed by atoms with Gasteiger partial charge in [-0.05, 0) is 0 Å². The number of carboxylic acid groups (broad SMARTS) is 2. The van der Waals surface area contributed by atoms with Crippen LogP contribution in [0.3, 0.4) is 0 Å². The van der Waals surface area contributed by atoms with Crippen LogP contribution < -0.4 is 0 Å². The maximum Gasteiger partial charge on any atom is 0.327 e. The lowest BCUT2D eigenvalue weighted by molar-refractivity contribution is -0.384. The molecule has 0 amide bonds. The van der Waals surface area contributed by atoms with Crippen molar-refractivity contribution in [3.8, 4) is 0 Å². The first kappa shape index (κ1) is 30.0. The van der Waals surface area contributed by atoms with Crippen molar-refractivity contribution in [2.24, 2.45) is 0 Å². The van der Waals surface area contributed by atoms with E-state index in [2.05, 4.69) is 39.5 Å². The van der Waals surface area contributed by atoms with Crippen LogP contribution in [0.2, 0.25) is 0 Å². The molecule has 0 aliphatic heterocycles. The highest BCUT2D eigenvalue weighted by atomic mass is 16.9. The fraction of sp³-hybridized carbons (Fsp3) is 0.300. The first-order valence-electron chi connectivity index (χ1n) is 7.92. The molecule has 8 heteroatoms. The average Bonchev–Trinajstić information content (AvgIpc) is 2.69. The van der Waals surface area contributed by atoms with Crippen molar-refractivity contribution in [3.63, 3.8) is 0 Å². The second kappa shape index (κ2) is 22.3. The Bertz CT molecular complexity index is 447. The molecule has 0 aromatic rings. The Hall–Kier alpha value is -2.78. The van der Waals surface area contributed by atoms with Crippen LogP contribution in [-0.4, -0.2) is 61.2 Å². The van der Waals surface area contributed by atoms with Crippen molar-refractivity contribution < 1.29 is 38.7 Å². The molecule has 8 nitrogen and oxygen atoms in total. The average molecular weight is 398 g/mol. The van der Waals surface area contributed by atoms with Crippen LogP contribution in [0.15, 0.2) is 75.9 Å². The molecular formula is C20H30O8. The number of hydrogen-bond acceptors (Lipinski definition) is 6. The van der Waals surface area contributed by atoms with Gasteiger partial charge in [0, 0.05) is 12.2 Å². The van der Waals surface area contributed by atoms with E-state index in [0.717, 1.165) is 12.2 Å². The molecule has 0 saturated carbocycles. The molecule has 28 heavy (non-hydrogen) atoms. The van der Waals surface area contributed by atoms with Crippen molar-refractivity contribution >= 4 is 11.9 Å². The minimum atomic E-state index is -1.28. The third-order valence-corrected chi connectivity index (χ3v) is 2.13. The second-order valence-corrected chi connectivity index (χ2v) is 4.37. The minimum Gasteiger partial charge on any atom is -0.478 e. The third kappa shape index (κ3) is 23.2. The standard InChI is InChI=1S/C14H22O4.2C3H4O2/c1-5-9-15-13-14(16-10-6-2,17-11-7-3)18-12-8-4;2*1-2-3(4)5/h5-8H,1-4,9-13H2;2*2H,1H2,(H,4,5). The summed E-state index contributed by atoms with van der Waals surface area (Å²) >= 11 is 0. The SMILES string of the molecule is C=CC(=O)O.C=CC(=O)O.C=CCOCC(OCC=C)(OCC=C)OCC=C. The van der Waals surface area contributed by atoms with E-state index in [0.29, 0.717) is 6.61 Å². The number of ether oxygens (including phenoxy) is 4. The Morgan fingerprint density at radius 3 is 1.18 bits per heavy atom. The van der Waals surface area contributed by atoms with E-state index in [-0.39, 0.29) is 26.4 Å². The number of carbonyl (C=O) groups is 2. The van der Waals surface area contributed by atoms with Crippen molar-refractivity contribution in [1.29, 1.82) is 0 Å². The maximum atomic E-state index is 9.25. The van der Waals surface area contributed by atoms with Gasteiger partial charge in [-0.2, -0.15) is 0 Å². The quantitative estimate of drug-likeness (QED) is 0.187. The Kier molecular flexibility index (Phi) is 23.8. The van der Waals surface area contributed by atoms with Crippen LogP contribution in [-0.2, 0) is 28.5 Å². The second-order valence-electron chi connectivity index (χ2n) is 4.37. The number of hydrogen-bond donors (Lipinski definition) is 2. The third-order valence-electron chi connectivity index (χ3n) is 2.13. The van der Waals surface area contributed by atoms with Crippen molar-refractivity contribution in [1.82, 2.24) is 0 Å². The first-order chi connectivity index (χ1) is 13.3. The topological polar surface area (TPSA) is 112 Å². The fourth-order valence-corrected chi connectivity index (χ4v) is 1.07. The van der Waals surface area contributed by atoms with Crippen LogP contribution in [0.1, 0.15) is 0 Å². The van der Waals surface area contributed by atoms with Crippen molar-refractivity contribution in [2.75, 3.05) is 33.0 Å². The summed E-state index contributed by atoms with van der Waals surface area (Å²) < 4.78 is 21.9. The molecule has 0 aromatic carbocycles. The minimum absolute atomic E-state index is 0.120. The van der Waals surface area contributed by atoms with E-state index >= 15 is 0 Å². The highest BCUT2D eigenvalue weighted by molar-refractivity contribution is 5.79. The smallest absolute Gasteiger partial charge is 0.327 e. The van der Waals surface area contributed by atoms with Crippen LogP contribution in [0.5, 0.6) is 0 Å². The van der Waals surface area contributed by atoms with Gasteiger partial charge in [-0.15, -0.1) is 26.3 Å². The molecule has 0 heterocycles. The molecule has 0 atom stereocenters. The molecule has 0 saturated heterocycles. The molecule has 0 radical (unpaired) electrons. The van der Waals surface area contributed by atoms with Gasteiger partial charge in [-0.1, -0.05) is 37.5 Å². The summed E-state index contributed by atoms with van der Waals surface area (Å²) in [6.45, 7) is 21.6. The van der Waals surface area contributed by atoms with Crippen LogP contribution in [0.4, 0.5) is 0 Å². The first-order valence-corrected chi connectivity index (χ1v) is 7.92. The molecule has 2 N–H and O–H groups in total. The predicted octanol–water partition coefficient (Wildman–Crippen LogP) is 2.96. The van der Waals surface area contributed by atoms with E-state index in [4.69, 9.17) is 29.2 Å². The van der Waals surface area contributed by atoms with Crippen molar-refractivity contribution in [2.45, 2.75) is 5.97 Å². The highest BCUT2D eigenvalue weighted by Crippen LogP contribution is 2.17. The van der Waals surface area contributed by atoms with Gasteiger partial charge in [0.1, 0.15) is 6.61 Å². The Morgan fingerprint density at radius 2 is 0.964 bits per heavy atom. The van der Waals surface area contributed by atoms with Gasteiger partial charge in [0.25, 0.3) is 0 Å². The number of aliphatic carboxylic acids is 2. The normalized spacial score (nSPS) is 9.29. The molecule has 158 valence electrons. The monoisotopic (exact) mass is 398 g/mol. The fourth-order valence-electron chi connectivity index (χ4n) is 1.07. The van der Waals surface area contributed by atoms with Gasteiger partial charge in [-0.25, -0.2) is 9.59 Å². The van der Waals surface area contributed by atoms with Crippen molar-refractivity contribution in [3.05, 3.63) is 75.9 Å². The summed E-state index contributed by atoms with van der Waals surface area (Å²) in [5.41, 5.74) is 0. The van der Waals surface area contributed by atoms with Gasteiger partial charge in [0.15, 0.2) is 0 Å². The van der Waals surface area contributed by atoms with E-state index in [1.165, 1.54) is 0 Å². The van der Waals surface area contributed by atoms with Gasteiger partial charge < -0.3 is 29.2 Å². The van der Waals surface area contributed by atoms with Crippen LogP contribution >= 0.6 is 0 Å².